The van der Waals surface area contributed by atoms with Crippen LogP contribution in [0.15, 0.2) is 0 Å². The van der Waals surface area contributed by atoms with Crippen molar-refractivity contribution in [3.63, 3.8) is 0 Å². The topological polar surface area (TPSA) is 35.5 Å². The first-order valence-corrected chi connectivity index (χ1v) is 8.76. The first-order valence-electron chi connectivity index (χ1n) is 8.76. The van der Waals surface area contributed by atoms with Gasteiger partial charge in [-0.05, 0) is 58.3 Å². The number of nitrogens with one attached hydrogen (secondary N) is 1. The summed E-state index contributed by atoms with van der Waals surface area (Å²) >= 11 is 0. The van der Waals surface area contributed by atoms with Gasteiger partial charge in [-0.25, -0.2) is 0 Å². The van der Waals surface area contributed by atoms with E-state index >= 15 is 0 Å². The van der Waals surface area contributed by atoms with Gasteiger partial charge in [0.25, 0.3) is 0 Å². The van der Waals surface area contributed by atoms with Gasteiger partial charge in [0, 0.05) is 5.54 Å². The molecule has 0 aliphatic heterocycles. The van der Waals surface area contributed by atoms with Crippen LogP contribution in [0.25, 0.3) is 0 Å². The van der Waals surface area contributed by atoms with E-state index < -0.39 is 0 Å². The molecule has 1 unspecified atom stereocenters. The number of hydrogen-bond acceptors (Lipinski definition) is 3. The summed E-state index contributed by atoms with van der Waals surface area (Å²) in [5.74, 6) is 0. The molecule has 0 spiro atoms. The lowest BCUT2D eigenvalue weighted by atomic mass is 9.91. The van der Waals surface area contributed by atoms with Crippen LogP contribution in [-0.4, -0.2) is 48.3 Å². The Balaban J connectivity index is 4.16. The van der Waals surface area contributed by atoms with E-state index in [9.17, 15) is 5.11 Å². The van der Waals surface area contributed by atoms with Crippen molar-refractivity contribution >= 4 is 0 Å². The van der Waals surface area contributed by atoms with Crippen LogP contribution < -0.4 is 5.32 Å². The maximum atomic E-state index is 9.68. The van der Waals surface area contributed by atoms with Crippen molar-refractivity contribution in [1.82, 2.24) is 10.2 Å². The van der Waals surface area contributed by atoms with E-state index in [2.05, 4.69) is 37.9 Å². The van der Waals surface area contributed by atoms with Gasteiger partial charge in [0.05, 0.1) is 6.61 Å². The van der Waals surface area contributed by atoms with Crippen molar-refractivity contribution < 1.29 is 5.11 Å². The zero-order chi connectivity index (χ0) is 15.3. The van der Waals surface area contributed by atoms with Gasteiger partial charge >= 0.3 is 0 Å². The summed E-state index contributed by atoms with van der Waals surface area (Å²) < 4.78 is 0. The van der Waals surface area contributed by atoms with Crippen molar-refractivity contribution in [2.45, 2.75) is 78.2 Å². The normalized spacial score (nSPS) is 14.7. The Morgan fingerprint density at radius 1 is 0.900 bits per heavy atom. The summed E-state index contributed by atoms with van der Waals surface area (Å²) in [6, 6.07) is 0. The molecule has 3 heteroatoms. The molecule has 122 valence electrons. The second-order valence-corrected chi connectivity index (χ2v) is 5.97. The second kappa shape index (κ2) is 12.6. The molecule has 0 saturated heterocycles. The Morgan fingerprint density at radius 3 is 1.85 bits per heavy atom. The molecule has 0 aromatic heterocycles. The monoisotopic (exact) mass is 286 g/mol. The molecule has 0 heterocycles. The highest BCUT2D eigenvalue weighted by Crippen LogP contribution is 2.17. The number of unbranched alkanes of at least 4 members (excludes halogenated alkanes) is 2. The van der Waals surface area contributed by atoms with Crippen LogP contribution in [0.3, 0.4) is 0 Å². The highest BCUT2D eigenvalue weighted by Gasteiger charge is 2.25. The SMILES string of the molecule is CCCCN(CCCC)CCCC(CC)(CO)NCC. The molecular formula is C17H38N2O. The molecule has 1 atom stereocenters. The maximum absolute atomic E-state index is 9.68. The van der Waals surface area contributed by atoms with Crippen LogP contribution in [0.2, 0.25) is 0 Å². The van der Waals surface area contributed by atoms with Crippen molar-refractivity contribution in [3.8, 4) is 0 Å². The third-order valence-corrected chi connectivity index (χ3v) is 4.32. The Hall–Kier alpha value is -0.120. The molecular weight excluding hydrogens is 248 g/mol. The van der Waals surface area contributed by atoms with E-state index in [1.54, 1.807) is 0 Å². The molecule has 0 amide bonds. The van der Waals surface area contributed by atoms with E-state index in [1.165, 1.54) is 51.7 Å². The minimum atomic E-state index is -0.0596. The lowest BCUT2D eigenvalue weighted by Crippen LogP contribution is -2.48. The molecule has 0 aromatic carbocycles. The largest absolute Gasteiger partial charge is 0.394 e. The van der Waals surface area contributed by atoms with Gasteiger partial charge in [0.1, 0.15) is 0 Å². The van der Waals surface area contributed by atoms with Crippen LogP contribution in [0, 0.1) is 0 Å². The van der Waals surface area contributed by atoms with Gasteiger partial charge in [-0.2, -0.15) is 0 Å². The molecule has 0 fully saturated rings. The number of nitrogens with zero attached hydrogens (tertiary/aromatic N) is 1. The van der Waals surface area contributed by atoms with Crippen molar-refractivity contribution in [3.05, 3.63) is 0 Å². The zero-order valence-corrected chi connectivity index (χ0v) is 14.4. The molecule has 0 aliphatic carbocycles. The summed E-state index contributed by atoms with van der Waals surface area (Å²) in [7, 11) is 0. The highest BCUT2D eigenvalue weighted by molar-refractivity contribution is 4.85. The summed E-state index contributed by atoms with van der Waals surface area (Å²) in [5.41, 5.74) is -0.0596. The predicted molar refractivity (Wildman–Crippen MR) is 89.3 cm³/mol. The molecule has 0 aromatic rings. The number of rotatable bonds is 14. The second-order valence-electron chi connectivity index (χ2n) is 5.97. The third kappa shape index (κ3) is 8.23. The fraction of sp³-hybridized carbons (Fsp3) is 1.00. The molecule has 3 nitrogen and oxygen atoms in total. The number of aliphatic hydroxyl groups excluding tert-OH is 1. The molecule has 0 radical (unpaired) electrons. The third-order valence-electron chi connectivity index (χ3n) is 4.32. The van der Waals surface area contributed by atoms with Gasteiger partial charge in [-0.15, -0.1) is 0 Å². The first kappa shape index (κ1) is 19.9. The Bertz CT molecular complexity index is 197. The van der Waals surface area contributed by atoms with Crippen LogP contribution in [-0.2, 0) is 0 Å². The van der Waals surface area contributed by atoms with E-state index in [0.717, 1.165) is 19.4 Å². The van der Waals surface area contributed by atoms with Crippen molar-refractivity contribution in [2.24, 2.45) is 0 Å². The molecule has 0 saturated carbocycles. The van der Waals surface area contributed by atoms with Gasteiger partial charge in [0.2, 0.25) is 0 Å². The Labute approximate surface area is 127 Å². The van der Waals surface area contributed by atoms with Gasteiger partial charge in [0.15, 0.2) is 0 Å². The Kier molecular flexibility index (Phi) is 12.5. The lowest BCUT2D eigenvalue weighted by molar-refractivity contribution is 0.139. The lowest BCUT2D eigenvalue weighted by Gasteiger charge is -2.33. The number of likely N-dealkylation sites (N-methyl/N-ethyl adjacent to an activating group) is 1. The molecule has 2 N–H and O–H groups in total. The molecule has 0 bridgehead atoms. The quantitative estimate of drug-likeness (QED) is 0.513. The molecule has 20 heavy (non-hydrogen) atoms. The van der Waals surface area contributed by atoms with Crippen LogP contribution in [0.4, 0.5) is 0 Å². The smallest absolute Gasteiger partial charge is 0.0613 e. The van der Waals surface area contributed by atoms with Gasteiger partial charge < -0.3 is 15.3 Å². The van der Waals surface area contributed by atoms with E-state index in [1.807, 2.05) is 0 Å². The minimum absolute atomic E-state index is 0.0596. The first-order chi connectivity index (χ1) is 9.67. The Morgan fingerprint density at radius 2 is 1.45 bits per heavy atom. The average molecular weight is 287 g/mol. The van der Waals surface area contributed by atoms with E-state index in [-0.39, 0.29) is 12.1 Å². The van der Waals surface area contributed by atoms with Crippen LogP contribution in [0.1, 0.15) is 72.6 Å². The van der Waals surface area contributed by atoms with E-state index in [4.69, 9.17) is 0 Å². The highest BCUT2D eigenvalue weighted by atomic mass is 16.3. The maximum Gasteiger partial charge on any atom is 0.0613 e. The summed E-state index contributed by atoms with van der Waals surface area (Å²) in [6.07, 6.45) is 8.40. The summed E-state index contributed by atoms with van der Waals surface area (Å²) in [6.45, 7) is 13.6. The fourth-order valence-electron chi connectivity index (χ4n) is 2.75. The van der Waals surface area contributed by atoms with Crippen LogP contribution >= 0.6 is 0 Å². The van der Waals surface area contributed by atoms with Gasteiger partial charge in [-0.3, -0.25) is 0 Å². The average Bonchev–Trinajstić information content (AvgIpc) is 2.48. The van der Waals surface area contributed by atoms with Crippen LogP contribution in [0.5, 0.6) is 0 Å². The standard InChI is InChI=1S/C17H38N2O/c1-5-9-13-19(14-10-6-2)15-11-12-17(7-3,16-20)18-8-4/h18,20H,5-16H2,1-4H3. The van der Waals surface area contributed by atoms with E-state index in [0.29, 0.717) is 0 Å². The zero-order valence-electron chi connectivity index (χ0n) is 14.4. The molecule has 0 aliphatic rings. The summed E-state index contributed by atoms with van der Waals surface area (Å²) in [5, 5.41) is 13.2. The van der Waals surface area contributed by atoms with Crippen molar-refractivity contribution in [2.75, 3.05) is 32.8 Å². The van der Waals surface area contributed by atoms with Gasteiger partial charge in [-0.1, -0.05) is 40.5 Å². The minimum Gasteiger partial charge on any atom is -0.394 e. The fourth-order valence-corrected chi connectivity index (χ4v) is 2.75. The summed E-state index contributed by atoms with van der Waals surface area (Å²) in [4.78, 5) is 2.61. The van der Waals surface area contributed by atoms with Crippen molar-refractivity contribution in [1.29, 1.82) is 0 Å². The number of aliphatic hydroxyl groups is 1. The predicted octanol–water partition coefficient (Wildman–Crippen LogP) is 3.42. The number of hydrogen-bond donors (Lipinski definition) is 2. The molecule has 0 rings (SSSR count).